The first-order valence-corrected chi connectivity index (χ1v) is 9.05. The number of aromatic nitrogens is 1. The van der Waals surface area contributed by atoms with E-state index in [1.54, 1.807) is 0 Å². The average Bonchev–Trinajstić information content (AvgIpc) is 2.64. The average molecular weight is 446 g/mol. The Morgan fingerprint density at radius 1 is 0.800 bits per heavy atom. The summed E-state index contributed by atoms with van der Waals surface area (Å²) < 4.78 is 2.45. The minimum absolute atomic E-state index is 0. The lowest BCUT2D eigenvalue weighted by Gasteiger charge is -2.21. The lowest BCUT2D eigenvalue weighted by molar-refractivity contribution is -0.660. The number of fused-ring (bicyclic) bond motifs is 1. The molecule has 0 atom stereocenters. The number of hydrogen-bond donors (Lipinski definition) is 0. The van der Waals surface area contributed by atoms with Crippen molar-refractivity contribution in [2.45, 2.75) is 33.7 Å². The first-order valence-electron chi connectivity index (χ1n) is 9.05. The Kier molecular flexibility index (Phi) is 7.24. The highest BCUT2D eigenvalue weighted by Gasteiger charge is 2.16. The van der Waals surface area contributed by atoms with Crippen molar-refractivity contribution in [2.24, 2.45) is 0 Å². The van der Waals surface area contributed by atoms with Crippen molar-refractivity contribution in [3.8, 4) is 11.3 Å². The number of para-hydroxylation sites is 1. The van der Waals surface area contributed by atoms with E-state index in [9.17, 15) is 0 Å². The zero-order valence-corrected chi connectivity index (χ0v) is 17.5. The van der Waals surface area contributed by atoms with Gasteiger partial charge in [0.05, 0.1) is 0 Å². The smallest absolute Gasteiger partial charge is 0.212 e. The summed E-state index contributed by atoms with van der Waals surface area (Å²) in [6.07, 6.45) is 1.13. The molecule has 132 valence electrons. The largest absolute Gasteiger partial charge is 1.00 e. The molecule has 25 heavy (non-hydrogen) atoms. The van der Waals surface area contributed by atoms with Crippen molar-refractivity contribution in [3.63, 3.8) is 0 Å². The minimum Gasteiger partial charge on any atom is -1.00 e. The van der Waals surface area contributed by atoms with Crippen LogP contribution in [-0.2, 0) is 6.54 Å². The van der Waals surface area contributed by atoms with Gasteiger partial charge >= 0.3 is 0 Å². The lowest BCUT2D eigenvalue weighted by atomic mass is 10.1. The maximum Gasteiger partial charge on any atom is 0.212 e. The second kappa shape index (κ2) is 9.18. The Morgan fingerprint density at radius 2 is 1.48 bits per heavy atom. The first kappa shape index (κ1) is 19.7. The minimum atomic E-state index is 0. The summed E-state index contributed by atoms with van der Waals surface area (Å²) in [5.74, 6) is 0. The van der Waals surface area contributed by atoms with E-state index in [-0.39, 0.29) is 24.0 Å². The monoisotopic (exact) mass is 446 g/mol. The highest BCUT2D eigenvalue weighted by atomic mass is 127. The quantitative estimate of drug-likeness (QED) is 0.416. The zero-order valence-electron chi connectivity index (χ0n) is 15.4. The number of hydrogen-bond acceptors (Lipinski definition) is 1. The summed E-state index contributed by atoms with van der Waals surface area (Å²) in [5, 5.41) is 1.30. The van der Waals surface area contributed by atoms with Crippen LogP contribution in [0.4, 0.5) is 5.69 Å². The number of pyridine rings is 1. The van der Waals surface area contributed by atoms with Crippen molar-refractivity contribution < 1.29 is 28.5 Å². The molecule has 3 heteroatoms. The van der Waals surface area contributed by atoms with Gasteiger partial charge in [-0.3, -0.25) is 0 Å². The van der Waals surface area contributed by atoms with Crippen LogP contribution >= 0.6 is 0 Å². The Balaban J connectivity index is 0.00000225. The highest BCUT2D eigenvalue weighted by Crippen LogP contribution is 2.23. The van der Waals surface area contributed by atoms with Crippen molar-refractivity contribution >= 4 is 16.6 Å². The molecule has 0 aliphatic rings. The third kappa shape index (κ3) is 4.14. The number of rotatable bonds is 6. The van der Waals surface area contributed by atoms with Crippen LogP contribution in [0.2, 0.25) is 0 Å². The first-order chi connectivity index (χ1) is 11.8. The van der Waals surface area contributed by atoms with E-state index >= 15 is 0 Å². The van der Waals surface area contributed by atoms with Gasteiger partial charge in [0.1, 0.15) is 6.54 Å². The zero-order chi connectivity index (χ0) is 16.9. The lowest BCUT2D eigenvalue weighted by Crippen LogP contribution is -3.00. The van der Waals surface area contributed by atoms with Gasteiger partial charge in [0.25, 0.3) is 0 Å². The Hall–Kier alpha value is -1.62. The molecule has 3 rings (SSSR count). The van der Waals surface area contributed by atoms with Crippen molar-refractivity contribution in [1.29, 1.82) is 0 Å². The fourth-order valence-electron chi connectivity index (χ4n) is 3.41. The molecule has 0 bridgehead atoms. The maximum absolute atomic E-state index is 2.45. The van der Waals surface area contributed by atoms with Crippen molar-refractivity contribution in [1.82, 2.24) is 0 Å². The van der Waals surface area contributed by atoms with Crippen molar-refractivity contribution in [3.05, 3.63) is 60.7 Å². The molecule has 0 radical (unpaired) electrons. The van der Waals surface area contributed by atoms with Gasteiger partial charge in [0.15, 0.2) is 0 Å². The van der Waals surface area contributed by atoms with Crippen LogP contribution in [0.5, 0.6) is 0 Å². The van der Waals surface area contributed by atoms with Crippen LogP contribution in [0.15, 0.2) is 60.7 Å². The number of nitrogens with zero attached hydrogens (tertiary/aromatic N) is 2. The normalized spacial score (nSPS) is 10.5. The predicted octanol–water partition coefficient (Wildman–Crippen LogP) is 2.05. The third-order valence-corrected chi connectivity index (χ3v) is 4.68. The molecule has 2 aromatic carbocycles. The highest BCUT2D eigenvalue weighted by molar-refractivity contribution is 5.77. The molecule has 0 aliphatic heterocycles. The van der Waals surface area contributed by atoms with Crippen LogP contribution in [0.3, 0.4) is 0 Å². The van der Waals surface area contributed by atoms with Gasteiger partial charge in [-0.2, -0.15) is 4.57 Å². The SMILES string of the molecule is CCC[n+]1c(-c2ccc(N(CC)CC)cc2)ccc2ccccc21.[I-]. The number of anilines is 1. The molecule has 0 saturated carbocycles. The van der Waals surface area contributed by atoms with E-state index in [0.717, 1.165) is 26.1 Å². The van der Waals surface area contributed by atoms with E-state index < -0.39 is 0 Å². The van der Waals surface area contributed by atoms with Crippen LogP contribution in [0, 0.1) is 0 Å². The van der Waals surface area contributed by atoms with Gasteiger partial charge in [-0.1, -0.05) is 19.1 Å². The summed E-state index contributed by atoms with van der Waals surface area (Å²) in [6, 6.07) is 22.1. The predicted molar refractivity (Wildman–Crippen MR) is 103 cm³/mol. The summed E-state index contributed by atoms with van der Waals surface area (Å²) in [6.45, 7) is 9.77. The molecule has 3 aromatic rings. The van der Waals surface area contributed by atoms with Gasteiger partial charge in [-0.05, 0) is 50.2 Å². The van der Waals surface area contributed by atoms with Gasteiger partial charge in [0, 0.05) is 48.3 Å². The number of aryl methyl sites for hydroxylation is 1. The third-order valence-electron chi connectivity index (χ3n) is 4.68. The van der Waals surface area contributed by atoms with E-state index in [1.807, 2.05) is 0 Å². The van der Waals surface area contributed by atoms with E-state index in [4.69, 9.17) is 0 Å². The molecule has 0 spiro atoms. The molecule has 0 fully saturated rings. The fourth-order valence-corrected chi connectivity index (χ4v) is 3.41. The summed E-state index contributed by atoms with van der Waals surface area (Å²) in [7, 11) is 0. The molecule has 2 nitrogen and oxygen atoms in total. The molecule has 1 aromatic heterocycles. The molecule has 0 saturated heterocycles. The molecule has 0 unspecified atom stereocenters. The van der Waals surface area contributed by atoms with Gasteiger partial charge in [-0.15, -0.1) is 0 Å². The molecular weight excluding hydrogens is 419 g/mol. The second-order valence-electron chi connectivity index (χ2n) is 6.15. The van der Waals surface area contributed by atoms with Crippen LogP contribution in [0.25, 0.3) is 22.2 Å². The Labute approximate surface area is 168 Å². The summed E-state index contributed by atoms with van der Waals surface area (Å²) in [5.41, 5.74) is 5.18. The van der Waals surface area contributed by atoms with E-state index in [0.29, 0.717) is 0 Å². The summed E-state index contributed by atoms with van der Waals surface area (Å²) in [4.78, 5) is 2.38. The van der Waals surface area contributed by atoms with Gasteiger partial charge in [-0.25, -0.2) is 0 Å². The number of halogens is 1. The van der Waals surface area contributed by atoms with Gasteiger partial charge < -0.3 is 28.9 Å². The van der Waals surface area contributed by atoms with Crippen LogP contribution < -0.4 is 33.4 Å². The topological polar surface area (TPSA) is 7.12 Å². The van der Waals surface area contributed by atoms with Crippen LogP contribution in [0.1, 0.15) is 27.2 Å². The standard InChI is InChI=1S/C22H27N2.HI/c1-4-17-24-21-10-8-7-9-18(21)13-16-22(24)19-11-14-20(15-12-19)23(5-2)6-3;/h7-16H,4-6,17H2,1-3H3;1H/q+1;/p-1. The molecule has 0 aliphatic carbocycles. The molecular formula is C22H27IN2. The molecule has 0 amide bonds. The maximum atomic E-state index is 2.45. The Bertz CT molecular complexity index is 808. The van der Waals surface area contributed by atoms with Crippen molar-refractivity contribution in [2.75, 3.05) is 18.0 Å². The van der Waals surface area contributed by atoms with E-state index in [1.165, 1.54) is 27.8 Å². The van der Waals surface area contributed by atoms with Crippen LogP contribution in [-0.4, -0.2) is 13.1 Å². The molecule has 1 heterocycles. The number of benzene rings is 2. The molecule has 0 N–H and O–H groups in total. The fraction of sp³-hybridized carbons (Fsp3) is 0.318. The van der Waals surface area contributed by atoms with E-state index in [2.05, 4.69) is 90.9 Å². The summed E-state index contributed by atoms with van der Waals surface area (Å²) >= 11 is 0. The van der Waals surface area contributed by atoms with Gasteiger partial charge in [0.2, 0.25) is 11.2 Å². The Morgan fingerprint density at radius 3 is 2.12 bits per heavy atom. The second-order valence-corrected chi connectivity index (χ2v) is 6.15.